The molecule has 0 aliphatic heterocycles. The lowest BCUT2D eigenvalue weighted by Gasteiger charge is -2.14. The van der Waals surface area contributed by atoms with Gasteiger partial charge in [-0.1, -0.05) is 145 Å². The van der Waals surface area contributed by atoms with Crippen LogP contribution in [-0.4, -0.2) is 13.0 Å². The average molecular weight is 553 g/mol. The Labute approximate surface area is 239 Å². The Hall–Kier alpha value is -2.17. The highest BCUT2D eigenvalue weighted by atomic mass is 32.2. The molecule has 0 heterocycles. The molecule has 0 atom stereocenters. The highest BCUT2D eigenvalue weighted by Gasteiger charge is 2.08. The molecule has 4 heteroatoms. The van der Waals surface area contributed by atoms with E-state index in [-0.39, 0.29) is 4.90 Å². The molecule has 3 nitrogen and oxygen atoms in total. The third-order valence-electron chi connectivity index (χ3n) is 7.54. The molecule has 0 saturated carbocycles. The predicted octanol–water partition coefficient (Wildman–Crippen LogP) is 10.7. The first-order valence-corrected chi connectivity index (χ1v) is 16.8. The fourth-order valence-electron chi connectivity index (χ4n) is 5.15. The topological polar surface area (TPSA) is 54.4 Å². The smallest absolute Gasteiger partial charge is 0.282 e. The molecule has 0 amide bonds. The monoisotopic (exact) mass is 552 g/mol. The summed E-state index contributed by atoms with van der Waals surface area (Å²) in [4.78, 5) is -0.0666. The van der Waals surface area contributed by atoms with Crippen LogP contribution in [0.15, 0.2) is 65.6 Å². The number of benzene rings is 3. The van der Waals surface area contributed by atoms with Gasteiger partial charge in [0.2, 0.25) is 0 Å². The average Bonchev–Trinajstić information content (AvgIpc) is 2.92. The van der Waals surface area contributed by atoms with Crippen LogP contribution >= 0.6 is 0 Å². The predicted molar refractivity (Wildman–Crippen MR) is 168 cm³/mol. The summed E-state index contributed by atoms with van der Waals surface area (Å²) in [5.41, 5.74) is 4.23. The first-order valence-electron chi connectivity index (χ1n) is 15.4. The van der Waals surface area contributed by atoms with Crippen molar-refractivity contribution in [3.63, 3.8) is 0 Å². The summed E-state index contributed by atoms with van der Waals surface area (Å²) in [5.74, 6) is 0. The van der Waals surface area contributed by atoms with Crippen LogP contribution in [0.1, 0.15) is 120 Å². The Morgan fingerprint density at radius 1 is 0.590 bits per heavy atom. The quantitative estimate of drug-likeness (QED) is 0.134. The Balaban J connectivity index is 0.000000404. The van der Waals surface area contributed by atoms with Crippen molar-refractivity contribution in [3.8, 4) is 0 Å². The van der Waals surface area contributed by atoms with E-state index in [1.807, 2.05) is 6.92 Å². The summed E-state index contributed by atoms with van der Waals surface area (Å²) in [6.45, 7) is 6.44. The van der Waals surface area contributed by atoms with Gasteiger partial charge in [-0.25, -0.2) is 0 Å². The molecule has 0 fully saturated rings. The Kier molecular flexibility index (Phi) is 16.1. The van der Waals surface area contributed by atoms with Crippen LogP contribution in [0.3, 0.4) is 0 Å². The van der Waals surface area contributed by atoms with Crippen molar-refractivity contribution in [3.05, 3.63) is 77.4 Å². The lowest BCUT2D eigenvalue weighted by molar-refractivity contribution is 0.483. The van der Waals surface area contributed by atoms with Crippen LogP contribution in [-0.2, 0) is 23.0 Å². The minimum atomic E-state index is -4.02. The van der Waals surface area contributed by atoms with Gasteiger partial charge in [-0.2, -0.15) is 8.42 Å². The van der Waals surface area contributed by atoms with Gasteiger partial charge in [-0.15, -0.1) is 0 Å². The molecule has 0 aromatic heterocycles. The van der Waals surface area contributed by atoms with Gasteiger partial charge in [0.1, 0.15) is 0 Å². The zero-order valence-corrected chi connectivity index (χ0v) is 25.6. The van der Waals surface area contributed by atoms with E-state index >= 15 is 0 Å². The second-order valence-corrected chi connectivity index (χ2v) is 12.4. The van der Waals surface area contributed by atoms with E-state index in [2.05, 4.69) is 50.2 Å². The summed E-state index contributed by atoms with van der Waals surface area (Å²) < 4.78 is 29.6. The minimum absolute atomic E-state index is 0.0666. The summed E-state index contributed by atoms with van der Waals surface area (Å²) >= 11 is 0. The standard InChI is InChI=1S/C28H44.C7H8O3S/c1-3-5-7-9-11-13-15-19-25-23-24-26-20-17-18-22-28(26)27(25)21-16-14-12-10-8-6-4-2;1-6-2-4-7(5-3-6)11(8,9)10/h17-18,20,22-24H,3-16,19,21H2,1-2H3;2-5H,1H3,(H,8,9,10). The summed E-state index contributed by atoms with van der Waals surface area (Å²) in [7, 11) is -4.02. The van der Waals surface area contributed by atoms with E-state index in [4.69, 9.17) is 4.55 Å². The summed E-state index contributed by atoms with van der Waals surface area (Å²) in [5, 5.41) is 2.93. The first kappa shape index (κ1) is 33.0. The lowest BCUT2D eigenvalue weighted by Crippen LogP contribution is -1.97. The molecule has 39 heavy (non-hydrogen) atoms. The van der Waals surface area contributed by atoms with Gasteiger partial charge in [0, 0.05) is 0 Å². The maximum absolute atomic E-state index is 10.5. The first-order chi connectivity index (χ1) is 18.9. The molecule has 0 unspecified atom stereocenters. The zero-order valence-electron chi connectivity index (χ0n) is 24.8. The Bertz CT molecular complexity index is 1170. The molecule has 0 bridgehead atoms. The molecular formula is C35H52O3S. The zero-order chi connectivity index (χ0) is 28.3. The molecule has 0 saturated heterocycles. The van der Waals surface area contributed by atoms with Crippen molar-refractivity contribution in [2.75, 3.05) is 0 Å². The fourth-order valence-corrected chi connectivity index (χ4v) is 5.63. The maximum atomic E-state index is 10.5. The Morgan fingerprint density at radius 2 is 1.10 bits per heavy atom. The fraction of sp³-hybridized carbons (Fsp3) is 0.543. The number of hydrogen-bond donors (Lipinski definition) is 1. The number of hydrogen-bond acceptors (Lipinski definition) is 2. The lowest BCUT2D eigenvalue weighted by atomic mass is 9.91. The van der Waals surface area contributed by atoms with Crippen molar-refractivity contribution in [2.24, 2.45) is 0 Å². The summed E-state index contributed by atoms with van der Waals surface area (Å²) in [6, 6.07) is 19.8. The van der Waals surface area contributed by atoms with Crippen molar-refractivity contribution in [1.82, 2.24) is 0 Å². The van der Waals surface area contributed by atoms with Gasteiger partial charge in [-0.3, -0.25) is 4.55 Å². The van der Waals surface area contributed by atoms with Crippen LogP contribution in [0, 0.1) is 6.92 Å². The van der Waals surface area contributed by atoms with Crippen molar-refractivity contribution in [1.29, 1.82) is 0 Å². The maximum Gasteiger partial charge on any atom is 0.294 e. The van der Waals surface area contributed by atoms with Crippen molar-refractivity contribution < 1.29 is 13.0 Å². The number of fused-ring (bicyclic) bond motifs is 1. The van der Waals surface area contributed by atoms with Crippen molar-refractivity contribution in [2.45, 2.75) is 128 Å². The molecule has 216 valence electrons. The van der Waals surface area contributed by atoms with E-state index in [1.165, 1.54) is 126 Å². The van der Waals surface area contributed by atoms with E-state index in [0.717, 1.165) is 5.56 Å². The Morgan fingerprint density at radius 3 is 1.67 bits per heavy atom. The number of aryl methyl sites for hydroxylation is 3. The third kappa shape index (κ3) is 13.2. The van der Waals surface area contributed by atoms with E-state index in [1.54, 1.807) is 23.3 Å². The third-order valence-corrected chi connectivity index (χ3v) is 8.40. The highest BCUT2D eigenvalue weighted by molar-refractivity contribution is 7.85. The highest BCUT2D eigenvalue weighted by Crippen LogP contribution is 2.26. The van der Waals surface area contributed by atoms with Gasteiger partial charge in [-0.05, 0) is 66.6 Å². The van der Waals surface area contributed by atoms with E-state index in [0.29, 0.717) is 0 Å². The van der Waals surface area contributed by atoms with Crippen LogP contribution < -0.4 is 0 Å². The second kappa shape index (κ2) is 19.0. The normalized spacial score (nSPS) is 11.4. The number of unbranched alkanes of at least 4 members (excludes halogenated alkanes) is 12. The molecule has 3 aromatic carbocycles. The molecule has 0 spiro atoms. The molecule has 0 aliphatic carbocycles. The van der Waals surface area contributed by atoms with Gasteiger partial charge in [0.25, 0.3) is 10.1 Å². The molecule has 3 aromatic rings. The van der Waals surface area contributed by atoms with Crippen LogP contribution in [0.4, 0.5) is 0 Å². The van der Waals surface area contributed by atoms with Crippen molar-refractivity contribution >= 4 is 20.9 Å². The second-order valence-electron chi connectivity index (χ2n) is 11.0. The molecule has 3 rings (SSSR count). The van der Waals surface area contributed by atoms with Crippen LogP contribution in [0.5, 0.6) is 0 Å². The van der Waals surface area contributed by atoms with Gasteiger partial charge >= 0.3 is 0 Å². The minimum Gasteiger partial charge on any atom is -0.282 e. The van der Waals surface area contributed by atoms with E-state index in [9.17, 15) is 8.42 Å². The van der Waals surface area contributed by atoms with Gasteiger partial charge in [0.15, 0.2) is 0 Å². The van der Waals surface area contributed by atoms with Gasteiger partial charge in [0.05, 0.1) is 4.90 Å². The van der Waals surface area contributed by atoms with Gasteiger partial charge < -0.3 is 0 Å². The molecule has 0 aliphatic rings. The number of rotatable bonds is 17. The van der Waals surface area contributed by atoms with E-state index < -0.39 is 10.1 Å². The summed E-state index contributed by atoms with van der Waals surface area (Å²) in [6.07, 6.45) is 22.1. The largest absolute Gasteiger partial charge is 0.294 e. The van der Waals surface area contributed by atoms with Crippen LogP contribution in [0.25, 0.3) is 10.8 Å². The molecular weight excluding hydrogens is 500 g/mol. The molecule has 1 N–H and O–H groups in total. The molecule has 0 radical (unpaired) electrons. The van der Waals surface area contributed by atoms with Crippen LogP contribution in [0.2, 0.25) is 0 Å². The SMILES string of the molecule is CCCCCCCCCc1ccc2ccccc2c1CCCCCCCCC.Cc1ccc(S(=O)(=O)O)cc1.